The number of thiazole rings is 1. The van der Waals surface area contributed by atoms with Crippen molar-refractivity contribution in [3.05, 3.63) is 45.4 Å². The van der Waals surface area contributed by atoms with Gasteiger partial charge < -0.3 is 11.1 Å². The molecule has 100 valence electrons. The van der Waals surface area contributed by atoms with Gasteiger partial charge in [-0.2, -0.15) is 0 Å². The third-order valence-electron chi connectivity index (χ3n) is 2.61. The molecule has 6 heteroatoms. The van der Waals surface area contributed by atoms with Crippen LogP contribution < -0.4 is 11.1 Å². The van der Waals surface area contributed by atoms with Gasteiger partial charge in [0.25, 0.3) is 5.91 Å². The number of nitrogens with two attached hydrogens (primary N) is 1. The summed E-state index contributed by atoms with van der Waals surface area (Å²) in [6, 6.07) is 7.60. The molecule has 0 atom stereocenters. The maximum absolute atomic E-state index is 11.9. The standard InChI is InChI=1S/C13H14ClN3OS/c1-8-11(19-13(15)17-8)12(18)16-6-5-9-3-2-4-10(14)7-9/h2-4,7H,5-6H2,1H3,(H2,15,17)(H,16,18). The fraction of sp³-hybridized carbons (Fsp3) is 0.231. The van der Waals surface area contributed by atoms with Crippen LogP contribution >= 0.6 is 22.9 Å². The number of aryl methyl sites for hydroxylation is 1. The zero-order chi connectivity index (χ0) is 13.8. The van der Waals surface area contributed by atoms with Gasteiger partial charge in [0, 0.05) is 11.6 Å². The quantitative estimate of drug-likeness (QED) is 0.911. The van der Waals surface area contributed by atoms with Gasteiger partial charge in [0.05, 0.1) is 5.69 Å². The fourth-order valence-electron chi connectivity index (χ4n) is 1.72. The molecule has 0 saturated carbocycles. The third kappa shape index (κ3) is 3.68. The Labute approximate surface area is 120 Å². The Kier molecular flexibility index (Phi) is 4.39. The molecular formula is C13H14ClN3OS. The Balaban J connectivity index is 1.89. The minimum absolute atomic E-state index is 0.131. The van der Waals surface area contributed by atoms with E-state index in [-0.39, 0.29) is 5.91 Å². The summed E-state index contributed by atoms with van der Waals surface area (Å²) in [5, 5.41) is 3.97. The van der Waals surface area contributed by atoms with Gasteiger partial charge in [-0.1, -0.05) is 35.1 Å². The first-order valence-corrected chi connectivity index (χ1v) is 7.01. The van der Waals surface area contributed by atoms with Crippen LogP contribution in [0.25, 0.3) is 0 Å². The van der Waals surface area contributed by atoms with E-state index >= 15 is 0 Å². The molecule has 2 aromatic rings. The number of benzene rings is 1. The second-order valence-corrected chi connectivity index (χ2v) is 5.57. The maximum Gasteiger partial charge on any atom is 0.263 e. The number of hydrogen-bond acceptors (Lipinski definition) is 4. The predicted octanol–water partition coefficient (Wildman–Crippen LogP) is 2.66. The lowest BCUT2D eigenvalue weighted by Crippen LogP contribution is -2.25. The number of carbonyl (C=O) groups is 1. The number of hydrogen-bond donors (Lipinski definition) is 2. The van der Waals surface area contributed by atoms with Crippen LogP contribution in [0, 0.1) is 6.92 Å². The molecule has 1 heterocycles. The number of aromatic nitrogens is 1. The molecule has 0 spiro atoms. The second kappa shape index (κ2) is 6.04. The number of nitrogens with one attached hydrogen (secondary N) is 1. The van der Waals surface area contributed by atoms with Crippen molar-refractivity contribution < 1.29 is 4.79 Å². The average molecular weight is 296 g/mol. The fourth-order valence-corrected chi connectivity index (χ4v) is 2.68. The summed E-state index contributed by atoms with van der Waals surface area (Å²) in [5.41, 5.74) is 7.33. The second-order valence-electron chi connectivity index (χ2n) is 4.10. The molecule has 0 saturated heterocycles. The number of rotatable bonds is 4. The Bertz CT molecular complexity index is 597. The molecular weight excluding hydrogens is 282 g/mol. The molecule has 0 fully saturated rings. The van der Waals surface area contributed by atoms with Gasteiger partial charge in [0.2, 0.25) is 0 Å². The summed E-state index contributed by atoms with van der Waals surface area (Å²) >= 11 is 7.10. The molecule has 1 aromatic heterocycles. The van der Waals surface area contributed by atoms with Crippen molar-refractivity contribution in [3.63, 3.8) is 0 Å². The van der Waals surface area contributed by atoms with Gasteiger partial charge in [-0.3, -0.25) is 4.79 Å². The van der Waals surface area contributed by atoms with Crippen LogP contribution in [0.1, 0.15) is 20.9 Å². The van der Waals surface area contributed by atoms with Crippen molar-refractivity contribution in [1.29, 1.82) is 0 Å². The van der Waals surface area contributed by atoms with E-state index in [0.29, 0.717) is 27.3 Å². The van der Waals surface area contributed by atoms with Crippen molar-refractivity contribution in [3.8, 4) is 0 Å². The number of amides is 1. The Morgan fingerprint density at radius 2 is 2.32 bits per heavy atom. The SMILES string of the molecule is Cc1nc(N)sc1C(=O)NCCc1cccc(Cl)c1. The summed E-state index contributed by atoms with van der Waals surface area (Å²) in [4.78, 5) is 16.5. The van der Waals surface area contributed by atoms with E-state index in [1.165, 1.54) is 11.3 Å². The van der Waals surface area contributed by atoms with Gasteiger partial charge in [0.15, 0.2) is 5.13 Å². The number of carbonyl (C=O) groups excluding carboxylic acids is 1. The van der Waals surface area contributed by atoms with Crippen LogP contribution in [0.4, 0.5) is 5.13 Å². The van der Waals surface area contributed by atoms with Gasteiger partial charge in [-0.25, -0.2) is 4.98 Å². The van der Waals surface area contributed by atoms with Crippen LogP contribution in [0.2, 0.25) is 5.02 Å². The third-order valence-corrected chi connectivity index (χ3v) is 3.83. The Morgan fingerprint density at radius 3 is 2.95 bits per heavy atom. The summed E-state index contributed by atoms with van der Waals surface area (Å²) in [5.74, 6) is -0.131. The first kappa shape index (κ1) is 13.8. The number of anilines is 1. The highest BCUT2D eigenvalue weighted by atomic mass is 35.5. The number of halogens is 1. The summed E-state index contributed by atoms with van der Waals surface area (Å²) in [6.07, 6.45) is 0.736. The molecule has 0 bridgehead atoms. The highest BCUT2D eigenvalue weighted by Gasteiger charge is 2.13. The molecule has 0 aliphatic heterocycles. The zero-order valence-electron chi connectivity index (χ0n) is 10.4. The predicted molar refractivity (Wildman–Crippen MR) is 78.8 cm³/mol. The topological polar surface area (TPSA) is 68.0 Å². The van der Waals surface area contributed by atoms with Gasteiger partial charge in [-0.05, 0) is 31.0 Å². The van der Waals surface area contributed by atoms with Crippen LogP contribution in [0.3, 0.4) is 0 Å². The van der Waals surface area contributed by atoms with Crippen molar-refractivity contribution in [1.82, 2.24) is 10.3 Å². The molecule has 0 radical (unpaired) electrons. The Morgan fingerprint density at radius 1 is 1.53 bits per heavy atom. The van der Waals surface area contributed by atoms with E-state index in [1.54, 1.807) is 6.92 Å². The monoisotopic (exact) mass is 295 g/mol. The first-order valence-electron chi connectivity index (χ1n) is 5.82. The lowest BCUT2D eigenvalue weighted by atomic mass is 10.1. The summed E-state index contributed by atoms with van der Waals surface area (Å²) < 4.78 is 0. The van der Waals surface area contributed by atoms with Gasteiger partial charge in [0.1, 0.15) is 4.88 Å². The molecule has 4 nitrogen and oxygen atoms in total. The number of nitrogens with zero attached hydrogens (tertiary/aromatic N) is 1. The highest BCUT2D eigenvalue weighted by Crippen LogP contribution is 2.19. The van der Waals surface area contributed by atoms with Crippen LogP contribution in [0.15, 0.2) is 24.3 Å². The smallest absolute Gasteiger partial charge is 0.263 e. The summed E-state index contributed by atoms with van der Waals surface area (Å²) in [7, 11) is 0. The summed E-state index contributed by atoms with van der Waals surface area (Å²) in [6.45, 7) is 2.33. The van der Waals surface area contributed by atoms with Crippen LogP contribution in [-0.2, 0) is 6.42 Å². The molecule has 2 rings (SSSR count). The lowest BCUT2D eigenvalue weighted by molar-refractivity contribution is 0.0957. The van der Waals surface area contributed by atoms with E-state index in [2.05, 4.69) is 10.3 Å². The van der Waals surface area contributed by atoms with Crippen molar-refractivity contribution >= 4 is 34.0 Å². The van der Waals surface area contributed by atoms with Crippen molar-refractivity contribution in [2.24, 2.45) is 0 Å². The minimum atomic E-state index is -0.131. The number of nitrogen functional groups attached to an aromatic ring is 1. The van der Waals surface area contributed by atoms with E-state index in [4.69, 9.17) is 17.3 Å². The maximum atomic E-state index is 11.9. The Hall–Kier alpha value is -1.59. The van der Waals surface area contributed by atoms with E-state index < -0.39 is 0 Å². The zero-order valence-corrected chi connectivity index (χ0v) is 12.0. The first-order chi connectivity index (χ1) is 9.06. The molecule has 0 aliphatic rings. The van der Waals surface area contributed by atoms with Crippen LogP contribution in [0.5, 0.6) is 0 Å². The molecule has 0 aliphatic carbocycles. The normalized spacial score (nSPS) is 10.4. The molecule has 1 amide bonds. The lowest BCUT2D eigenvalue weighted by Gasteiger charge is -2.04. The largest absolute Gasteiger partial charge is 0.375 e. The molecule has 19 heavy (non-hydrogen) atoms. The van der Waals surface area contributed by atoms with Crippen LogP contribution in [-0.4, -0.2) is 17.4 Å². The molecule has 0 unspecified atom stereocenters. The van der Waals surface area contributed by atoms with E-state index in [1.807, 2.05) is 24.3 Å². The highest BCUT2D eigenvalue weighted by molar-refractivity contribution is 7.17. The average Bonchev–Trinajstić information content (AvgIpc) is 2.68. The van der Waals surface area contributed by atoms with Gasteiger partial charge >= 0.3 is 0 Å². The van der Waals surface area contributed by atoms with Crippen molar-refractivity contribution in [2.75, 3.05) is 12.3 Å². The van der Waals surface area contributed by atoms with E-state index in [0.717, 1.165) is 12.0 Å². The van der Waals surface area contributed by atoms with Gasteiger partial charge in [-0.15, -0.1) is 0 Å². The molecule has 3 N–H and O–H groups in total. The van der Waals surface area contributed by atoms with Crippen molar-refractivity contribution in [2.45, 2.75) is 13.3 Å². The van der Waals surface area contributed by atoms with E-state index in [9.17, 15) is 4.79 Å². The minimum Gasteiger partial charge on any atom is -0.375 e. The molecule has 1 aromatic carbocycles.